The minimum Gasteiger partial charge on any atom is -0.497 e. The number of methoxy groups -OCH3 is 1. The Morgan fingerprint density at radius 2 is 1.11 bits per heavy atom. The fraction of sp³-hybridized carbons (Fsp3) is 0.0625. The van der Waals surface area contributed by atoms with Gasteiger partial charge in [-0.1, -0.05) is 54.6 Å². The average molecular weight is 485 g/mol. The summed E-state index contributed by atoms with van der Waals surface area (Å²) in [6, 6.07) is 22.1. The SMILES string of the molecule is COC(C=CC1C(=O)c2cc3ccccc3cc2C1=O)=CC=C1C(=O)c2cc3ccccc3cc2C1=O. The second-order valence-electron chi connectivity index (χ2n) is 9.07. The fourth-order valence-corrected chi connectivity index (χ4v) is 4.99. The zero-order valence-electron chi connectivity index (χ0n) is 19.9. The maximum absolute atomic E-state index is 13.0. The molecule has 0 saturated heterocycles. The smallest absolute Gasteiger partial charge is 0.197 e. The number of carbonyl (C=O) groups excluding carboxylic acids is 4. The molecule has 2 aliphatic rings. The van der Waals surface area contributed by atoms with Gasteiger partial charge in [-0.05, 0) is 64.0 Å². The van der Waals surface area contributed by atoms with Gasteiger partial charge in [0.25, 0.3) is 0 Å². The Bertz CT molecular complexity index is 1670. The topological polar surface area (TPSA) is 77.5 Å². The molecule has 0 bridgehead atoms. The van der Waals surface area contributed by atoms with Gasteiger partial charge in [-0.2, -0.15) is 0 Å². The number of benzene rings is 4. The van der Waals surface area contributed by atoms with Crippen molar-refractivity contribution in [1.82, 2.24) is 0 Å². The molecule has 0 spiro atoms. The van der Waals surface area contributed by atoms with Crippen molar-refractivity contribution < 1.29 is 23.9 Å². The van der Waals surface area contributed by atoms with Crippen LogP contribution in [0.1, 0.15) is 41.4 Å². The van der Waals surface area contributed by atoms with Crippen molar-refractivity contribution in [3.8, 4) is 0 Å². The molecule has 178 valence electrons. The molecule has 0 atom stereocenters. The van der Waals surface area contributed by atoms with E-state index >= 15 is 0 Å². The van der Waals surface area contributed by atoms with E-state index in [1.165, 1.54) is 31.4 Å². The highest BCUT2D eigenvalue weighted by Crippen LogP contribution is 2.33. The highest BCUT2D eigenvalue weighted by molar-refractivity contribution is 6.40. The van der Waals surface area contributed by atoms with Crippen LogP contribution in [-0.2, 0) is 4.74 Å². The third-order valence-electron chi connectivity index (χ3n) is 6.95. The monoisotopic (exact) mass is 484 g/mol. The predicted molar refractivity (Wildman–Crippen MR) is 141 cm³/mol. The van der Waals surface area contributed by atoms with Crippen molar-refractivity contribution >= 4 is 44.7 Å². The molecule has 2 aliphatic carbocycles. The summed E-state index contributed by atoms with van der Waals surface area (Å²) < 4.78 is 5.38. The summed E-state index contributed by atoms with van der Waals surface area (Å²) in [6.45, 7) is 0. The summed E-state index contributed by atoms with van der Waals surface area (Å²) in [7, 11) is 1.44. The Morgan fingerprint density at radius 3 is 1.54 bits per heavy atom. The van der Waals surface area contributed by atoms with Crippen molar-refractivity contribution in [3.05, 3.63) is 131 Å². The minimum atomic E-state index is -0.954. The normalized spacial score (nSPS) is 15.8. The van der Waals surface area contributed by atoms with Crippen molar-refractivity contribution in [3.63, 3.8) is 0 Å². The Labute approximate surface area is 212 Å². The molecule has 4 aromatic rings. The maximum Gasteiger partial charge on any atom is 0.197 e. The molecule has 4 aromatic carbocycles. The second-order valence-corrected chi connectivity index (χ2v) is 9.07. The van der Waals surface area contributed by atoms with E-state index < -0.39 is 5.92 Å². The van der Waals surface area contributed by atoms with Crippen LogP contribution < -0.4 is 0 Å². The van der Waals surface area contributed by atoms with Crippen LogP contribution in [0.3, 0.4) is 0 Å². The molecule has 0 saturated carbocycles. The van der Waals surface area contributed by atoms with Crippen LogP contribution in [0, 0.1) is 5.92 Å². The molecule has 5 heteroatoms. The van der Waals surface area contributed by atoms with E-state index in [4.69, 9.17) is 4.74 Å². The van der Waals surface area contributed by atoms with E-state index in [2.05, 4.69) is 0 Å². The summed E-state index contributed by atoms with van der Waals surface area (Å²) >= 11 is 0. The lowest BCUT2D eigenvalue weighted by Crippen LogP contribution is -2.12. The van der Waals surface area contributed by atoms with Crippen LogP contribution >= 0.6 is 0 Å². The van der Waals surface area contributed by atoms with Gasteiger partial charge in [0, 0.05) is 22.3 Å². The van der Waals surface area contributed by atoms with Gasteiger partial charge in [-0.25, -0.2) is 0 Å². The van der Waals surface area contributed by atoms with E-state index in [1.54, 1.807) is 24.3 Å². The molecule has 0 aliphatic heterocycles. The van der Waals surface area contributed by atoms with Crippen LogP contribution in [-0.4, -0.2) is 30.2 Å². The van der Waals surface area contributed by atoms with Gasteiger partial charge in [0.05, 0.1) is 12.7 Å². The van der Waals surface area contributed by atoms with Crippen LogP contribution in [0.4, 0.5) is 0 Å². The van der Waals surface area contributed by atoms with Gasteiger partial charge >= 0.3 is 0 Å². The first kappa shape index (κ1) is 22.6. The van der Waals surface area contributed by atoms with E-state index in [9.17, 15) is 19.2 Å². The molecule has 0 aromatic heterocycles. The van der Waals surface area contributed by atoms with Gasteiger partial charge in [0.1, 0.15) is 11.7 Å². The summed E-state index contributed by atoms with van der Waals surface area (Å²) in [5.74, 6) is -1.87. The third kappa shape index (κ3) is 3.64. The molecule has 0 amide bonds. The van der Waals surface area contributed by atoms with Gasteiger partial charge in [-0.15, -0.1) is 0 Å². The first-order chi connectivity index (χ1) is 18.0. The predicted octanol–water partition coefficient (Wildman–Crippen LogP) is 6.08. The van der Waals surface area contributed by atoms with Crippen molar-refractivity contribution in [2.24, 2.45) is 5.92 Å². The average Bonchev–Trinajstić information content (AvgIpc) is 3.29. The summed E-state index contributed by atoms with van der Waals surface area (Å²) in [6.07, 6.45) is 5.95. The third-order valence-corrected chi connectivity index (χ3v) is 6.95. The Morgan fingerprint density at radius 1 is 0.676 bits per heavy atom. The molecule has 0 fully saturated rings. The molecule has 37 heavy (non-hydrogen) atoms. The van der Waals surface area contributed by atoms with Crippen LogP contribution in [0.15, 0.2) is 108 Å². The second kappa shape index (κ2) is 8.64. The number of rotatable bonds is 4. The lowest BCUT2D eigenvalue weighted by molar-refractivity contribution is 0.0869. The molecule has 0 radical (unpaired) electrons. The number of fused-ring (bicyclic) bond motifs is 4. The van der Waals surface area contributed by atoms with Crippen LogP contribution in [0.5, 0.6) is 0 Å². The highest BCUT2D eigenvalue weighted by Gasteiger charge is 2.37. The standard InChI is InChI=1S/C32H20O5/c1-37-22(10-12-23-29(33)25-14-18-6-2-3-7-19(18)15-26(25)30(23)34)11-13-24-31(35)27-16-20-8-4-5-9-21(20)17-28(27)32(24)36/h2-17,23H,1H3. The molecule has 0 heterocycles. The number of hydrogen-bond donors (Lipinski definition) is 0. The first-order valence-electron chi connectivity index (χ1n) is 11.8. The van der Waals surface area contributed by atoms with E-state index in [1.807, 2.05) is 48.5 Å². The lowest BCUT2D eigenvalue weighted by Gasteiger charge is -2.02. The van der Waals surface area contributed by atoms with Crippen LogP contribution in [0.2, 0.25) is 0 Å². The van der Waals surface area contributed by atoms with Gasteiger partial charge < -0.3 is 4.74 Å². The fourth-order valence-electron chi connectivity index (χ4n) is 4.99. The van der Waals surface area contributed by atoms with Crippen molar-refractivity contribution in [1.29, 1.82) is 0 Å². The quantitative estimate of drug-likeness (QED) is 0.115. The Balaban J connectivity index is 1.28. The number of ketones is 4. The number of carbonyl (C=O) groups is 4. The van der Waals surface area contributed by atoms with E-state index in [-0.39, 0.29) is 28.7 Å². The summed E-state index contributed by atoms with van der Waals surface area (Å²) in [5, 5.41) is 3.57. The van der Waals surface area contributed by atoms with Crippen molar-refractivity contribution in [2.75, 3.05) is 7.11 Å². The summed E-state index contributed by atoms with van der Waals surface area (Å²) in [5.41, 5.74) is 1.63. The molecule has 5 nitrogen and oxygen atoms in total. The Hall–Kier alpha value is -4.90. The van der Waals surface area contributed by atoms with Gasteiger partial charge in [0.15, 0.2) is 23.1 Å². The number of allylic oxidation sites excluding steroid dienone is 5. The lowest BCUT2D eigenvalue weighted by atomic mass is 10.0. The first-order valence-corrected chi connectivity index (χ1v) is 11.8. The highest BCUT2D eigenvalue weighted by atomic mass is 16.5. The largest absolute Gasteiger partial charge is 0.497 e. The minimum absolute atomic E-state index is 0.0420. The molecule has 6 rings (SSSR count). The molecule has 0 unspecified atom stereocenters. The molecular formula is C32H20O5. The van der Waals surface area contributed by atoms with E-state index in [0.717, 1.165) is 21.5 Å². The number of Topliss-reactive ketones (excluding diaryl/α,β-unsaturated/α-hetero) is 4. The Kier molecular flexibility index (Phi) is 5.27. The maximum atomic E-state index is 13.0. The summed E-state index contributed by atoms with van der Waals surface area (Å²) in [4.78, 5) is 51.9. The molecular weight excluding hydrogens is 464 g/mol. The molecule has 0 N–H and O–H groups in total. The van der Waals surface area contributed by atoms with E-state index in [0.29, 0.717) is 28.0 Å². The number of ether oxygens (including phenoxy) is 1. The zero-order chi connectivity index (χ0) is 25.7. The van der Waals surface area contributed by atoms with Crippen molar-refractivity contribution in [2.45, 2.75) is 0 Å². The number of hydrogen-bond acceptors (Lipinski definition) is 5. The van der Waals surface area contributed by atoms with Crippen LogP contribution in [0.25, 0.3) is 21.5 Å². The van der Waals surface area contributed by atoms with Gasteiger partial charge in [0.2, 0.25) is 0 Å². The zero-order valence-corrected chi connectivity index (χ0v) is 19.9. The van der Waals surface area contributed by atoms with Gasteiger partial charge in [-0.3, -0.25) is 19.2 Å².